The Morgan fingerprint density at radius 1 is 1.44 bits per heavy atom. The van der Waals surface area contributed by atoms with Crippen LogP contribution in [0.15, 0.2) is 18.2 Å². The van der Waals surface area contributed by atoms with Crippen LogP contribution < -0.4 is 4.74 Å². The van der Waals surface area contributed by atoms with Gasteiger partial charge in [-0.05, 0) is 50.5 Å². The number of aryl methyl sites for hydroxylation is 1. The van der Waals surface area contributed by atoms with Gasteiger partial charge in [0.2, 0.25) is 0 Å². The van der Waals surface area contributed by atoms with Crippen molar-refractivity contribution >= 4 is 5.97 Å². The summed E-state index contributed by atoms with van der Waals surface area (Å²) in [5, 5.41) is 9.09. The molecule has 1 aromatic rings. The molecule has 1 N–H and O–H groups in total. The topological polar surface area (TPSA) is 46.5 Å². The first-order chi connectivity index (χ1) is 7.36. The van der Waals surface area contributed by atoms with Gasteiger partial charge in [0.15, 0.2) is 0 Å². The molecule has 1 rings (SSSR count). The van der Waals surface area contributed by atoms with Crippen molar-refractivity contribution in [2.45, 2.75) is 27.2 Å². The van der Waals surface area contributed by atoms with Crippen molar-refractivity contribution in [1.82, 2.24) is 0 Å². The highest BCUT2D eigenvalue weighted by Gasteiger charge is 2.28. The van der Waals surface area contributed by atoms with E-state index in [0.717, 1.165) is 16.9 Å². The quantitative estimate of drug-likeness (QED) is 0.851. The van der Waals surface area contributed by atoms with Crippen molar-refractivity contribution in [1.29, 1.82) is 0 Å². The number of rotatable bonds is 4. The van der Waals surface area contributed by atoms with E-state index in [-0.39, 0.29) is 0 Å². The SMILES string of the molecule is COc1ccc(C)c(CC(C)(C)C(=O)O)c1. The molecule has 0 amide bonds. The molecule has 3 nitrogen and oxygen atoms in total. The van der Waals surface area contributed by atoms with Crippen LogP contribution in [0.25, 0.3) is 0 Å². The molecule has 16 heavy (non-hydrogen) atoms. The molecule has 0 radical (unpaired) electrons. The summed E-state index contributed by atoms with van der Waals surface area (Å²) in [5.41, 5.74) is 1.36. The molecule has 0 aliphatic heterocycles. The van der Waals surface area contributed by atoms with E-state index < -0.39 is 11.4 Å². The van der Waals surface area contributed by atoms with E-state index >= 15 is 0 Å². The molecule has 0 spiro atoms. The van der Waals surface area contributed by atoms with E-state index in [1.807, 2.05) is 25.1 Å². The van der Waals surface area contributed by atoms with Crippen LogP contribution in [0, 0.1) is 12.3 Å². The number of carboxylic acids is 1. The van der Waals surface area contributed by atoms with Gasteiger partial charge in [-0.3, -0.25) is 4.79 Å². The average Bonchev–Trinajstić information content (AvgIpc) is 2.21. The highest BCUT2D eigenvalue weighted by molar-refractivity contribution is 5.74. The maximum Gasteiger partial charge on any atom is 0.309 e. The fourth-order valence-corrected chi connectivity index (χ4v) is 1.52. The van der Waals surface area contributed by atoms with Gasteiger partial charge in [0, 0.05) is 0 Å². The fourth-order valence-electron chi connectivity index (χ4n) is 1.52. The second kappa shape index (κ2) is 4.56. The molecule has 0 saturated carbocycles. The van der Waals surface area contributed by atoms with E-state index in [2.05, 4.69) is 0 Å². The molecule has 0 atom stereocenters. The van der Waals surface area contributed by atoms with Crippen molar-refractivity contribution in [2.24, 2.45) is 5.41 Å². The van der Waals surface area contributed by atoms with Crippen LogP contribution in [-0.2, 0) is 11.2 Å². The number of carbonyl (C=O) groups is 1. The number of carboxylic acid groups (broad SMARTS) is 1. The van der Waals surface area contributed by atoms with Gasteiger partial charge in [-0.25, -0.2) is 0 Å². The third kappa shape index (κ3) is 2.75. The van der Waals surface area contributed by atoms with Crippen LogP contribution in [-0.4, -0.2) is 18.2 Å². The smallest absolute Gasteiger partial charge is 0.309 e. The molecular formula is C13H18O3. The van der Waals surface area contributed by atoms with Gasteiger partial charge in [0.1, 0.15) is 5.75 Å². The van der Waals surface area contributed by atoms with Crippen LogP contribution in [0.1, 0.15) is 25.0 Å². The van der Waals surface area contributed by atoms with Gasteiger partial charge in [0.05, 0.1) is 12.5 Å². The van der Waals surface area contributed by atoms with Crippen LogP contribution in [0.5, 0.6) is 5.75 Å². The van der Waals surface area contributed by atoms with Crippen molar-refractivity contribution in [2.75, 3.05) is 7.11 Å². The zero-order valence-corrected chi connectivity index (χ0v) is 10.2. The lowest BCUT2D eigenvalue weighted by atomic mass is 9.84. The minimum atomic E-state index is -0.783. The Hall–Kier alpha value is -1.51. The van der Waals surface area contributed by atoms with Gasteiger partial charge in [-0.15, -0.1) is 0 Å². The van der Waals surface area contributed by atoms with Gasteiger partial charge < -0.3 is 9.84 Å². The number of methoxy groups -OCH3 is 1. The largest absolute Gasteiger partial charge is 0.497 e. The summed E-state index contributed by atoms with van der Waals surface area (Å²) < 4.78 is 5.14. The molecule has 0 aliphatic carbocycles. The number of hydrogen-bond acceptors (Lipinski definition) is 2. The van der Waals surface area contributed by atoms with Gasteiger partial charge >= 0.3 is 5.97 Å². The predicted molar refractivity (Wildman–Crippen MR) is 62.9 cm³/mol. The third-order valence-electron chi connectivity index (χ3n) is 2.77. The molecule has 0 fully saturated rings. The lowest BCUT2D eigenvalue weighted by molar-refractivity contribution is -0.146. The fraction of sp³-hybridized carbons (Fsp3) is 0.462. The zero-order valence-electron chi connectivity index (χ0n) is 10.2. The second-order valence-corrected chi connectivity index (χ2v) is 4.66. The van der Waals surface area contributed by atoms with E-state index in [1.54, 1.807) is 21.0 Å². The lowest BCUT2D eigenvalue weighted by Gasteiger charge is -2.20. The van der Waals surface area contributed by atoms with E-state index in [4.69, 9.17) is 9.84 Å². The van der Waals surface area contributed by atoms with E-state index in [0.29, 0.717) is 6.42 Å². The number of aliphatic carboxylic acids is 1. The molecular weight excluding hydrogens is 204 g/mol. The number of benzene rings is 1. The van der Waals surface area contributed by atoms with E-state index in [9.17, 15) is 4.79 Å². The highest BCUT2D eigenvalue weighted by atomic mass is 16.5. The Kier molecular flexibility index (Phi) is 3.58. The van der Waals surface area contributed by atoms with Gasteiger partial charge in [-0.1, -0.05) is 6.07 Å². The summed E-state index contributed by atoms with van der Waals surface area (Å²) >= 11 is 0. The third-order valence-corrected chi connectivity index (χ3v) is 2.77. The van der Waals surface area contributed by atoms with Crippen molar-refractivity contribution in [3.8, 4) is 5.75 Å². The Morgan fingerprint density at radius 3 is 2.56 bits per heavy atom. The molecule has 1 aromatic carbocycles. The minimum Gasteiger partial charge on any atom is -0.497 e. The summed E-state index contributed by atoms with van der Waals surface area (Å²) in [7, 11) is 1.61. The van der Waals surface area contributed by atoms with Crippen LogP contribution in [0.4, 0.5) is 0 Å². The maximum atomic E-state index is 11.1. The molecule has 0 bridgehead atoms. The Morgan fingerprint density at radius 2 is 2.06 bits per heavy atom. The molecule has 0 saturated heterocycles. The average molecular weight is 222 g/mol. The van der Waals surface area contributed by atoms with Gasteiger partial charge in [-0.2, -0.15) is 0 Å². The molecule has 88 valence electrons. The van der Waals surface area contributed by atoms with Crippen molar-refractivity contribution < 1.29 is 14.6 Å². The number of hydrogen-bond donors (Lipinski definition) is 1. The summed E-state index contributed by atoms with van der Waals surface area (Å²) in [6.45, 7) is 5.44. The van der Waals surface area contributed by atoms with Crippen LogP contribution in [0.2, 0.25) is 0 Å². The number of ether oxygens (including phenoxy) is 1. The standard InChI is InChI=1S/C13H18O3/c1-9-5-6-11(16-4)7-10(9)8-13(2,3)12(14)15/h5-7H,8H2,1-4H3,(H,14,15). The first-order valence-electron chi connectivity index (χ1n) is 5.24. The molecule has 0 unspecified atom stereocenters. The van der Waals surface area contributed by atoms with Crippen molar-refractivity contribution in [3.63, 3.8) is 0 Å². The Bertz CT molecular complexity index is 394. The molecule has 0 aromatic heterocycles. The first kappa shape index (κ1) is 12.6. The van der Waals surface area contributed by atoms with Gasteiger partial charge in [0.25, 0.3) is 0 Å². The van der Waals surface area contributed by atoms with Crippen LogP contribution >= 0.6 is 0 Å². The normalized spacial score (nSPS) is 11.2. The summed E-state index contributed by atoms with van der Waals surface area (Å²) in [4.78, 5) is 11.1. The Balaban J connectivity index is 3.00. The molecule has 0 aliphatic rings. The molecule has 3 heteroatoms. The monoisotopic (exact) mass is 222 g/mol. The first-order valence-corrected chi connectivity index (χ1v) is 5.24. The summed E-state index contributed by atoms with van der Waals surface area (Å²) in [6.07, 6.45) is 0.505. The minimum absolute atomic E-state index is 0.505. The summed E-state index contributed by atoms with van der Waals surface area (Å²) in [5.74, 6) is -0.0171. The van der Waals surface area contributed by atoms with E-state index in [1.165, 1.54) is 0 Å². The maximum absolute atomic E-state index is 11.1. The van der Waals surface area contributed by atoms with Crippen LogP contribution in [0.3, 0.4) is 0 Å². The molecule has 0 heterocycles. The second-order valence-electron chi connectivity index (χ2n) is 4.66. The highest BCUT2D eigenvalue weighted by Crippen LogP contribution is 2.26. The zero-order chi connectivity index (χ0) is 12.3. The van der Waals surface area contributed by atoms with Crippen molar-refractivity contribution in [3.05, 3.63) is 29.3 Å². The lowest BCUT2D eigenvalue weighted by Crippen LogP contribution is -2.26. The summed E-state index contributed by atoms with van der Waals surface area (Å²) in [6, 6.07) is 5.73. The Labute approximate surface area is 96.1 Å². The predicted octanol–water partition coefficient (Wildman–Crippen LogP) is 2.66.